The summed E-state index contributed by atoms with van der Waals surface area (Å²) in [6, 6.07) is 47.5. The van der Waals surface area contributed by atoms with Gasteiger partial charge in [0.1, 0.15) is 5.65 Å². The van der Waals surface area contributed by atoms with Crippen LogP contribution >= 0.6 is 0 Å². The molecule has 5 aromatic carbocycles. The zero-order valence-corrected chi connectivity index (χ0v) is 24.7. The van der Waals surface area contributed by atoms with Crippen molar-refractivity contribution in [3.05, 3.63) is 176 Å². The minimum absolute atomic E-state index is 0.928. The molecule has 0 unspecified atom stereocenters. The lowest BCUT2D eigenvalue weighted by molar-refractivity contribution is 1.19. The van der Waals surface area contributed by atoms with Crippen LogP contribution in [0.2, 0.25) is 0 Å². The van der Waals surface area contributed by atoms with Gasteiger partial charge in [0.2, 0.25) is 0 Å². The molecule has 210 valence electrons. The van der Waals surface area contributed by atoms with E-state index in [4.69, 9.17) is 4.98 Å². The fraction of sp³-hybridized carbons (Fsp3) is 0.0238. The Labute approximate surface area is 258 Å². The van der Waals surface area contributed by atoms with E-state index in [1.807, 2.05) is 12.1 Å². The van der Waals surface area contributed by atoms with E-state index >= 15 is 0 Å². The lowest BCUT2D eigenvalue weighted by Gasteiger charge is -2.14. The SMILES string of the molecule is C=C/C=C(\C=C/C)c1cc(-c2cccc(-c3nc4ccccn4c3-c3ccccc3)c2)cc(-c2cccc3ccccc23)c1. The third-order valence-electron chi connectivity index (χ3n) is 8.06. The van der Waals surface area contributed by atoms with Gasteiger partial charge in [-0.2, -0.15) is 0 Å². The van der Waals surface area contributed by atoms with Crippen molar-refractivity contribution in [2.24, 2.45) is 0 Å². The first-order chi connectivity index (χ1) is 21.7. The molecule has 0 atom stereocenters. The summed E-state index contributed by atoms with van der Waals surface area (Å²) in [4.78, 5) is 5.12. The number of nitrogens with zero attached hydrogens (tertiary/aromatic N) is 2. The van der Waals surface area contributed by atoms with E-state index in [2.05, 4.69) is 170 Å². The predicted octanol–water partition coefficient (Wildman–Crippen LogP) is 11.3. The second-order valence-electron chi connectivity index (χ2n) is 10.9. The molecule has 0 radical (unpaired) electrons. The van der Waals surface area contributed by atoms with Gasteiger partial charge in [-0.05, 0) is 87.5 Å². The van der Waals surface area contributed by atoms with Crippen LogP contribution in [-0.2, 0) is 0 Å². The van der Waals surface area contributed by atoms with Gasteiger partial charge < -0.3 is 0 Å². The highest BCUT2D eigenvalue weighted by atomic mass is 15.0. The Morgan fingerprint density at radius 1 is 0.659 bits per heavy atom. The average molecular weight is 565 g/mol. The number of hydrogen-bond donors (Lipinski definition) is 0. The Hall–Kier alpha value is -5.73. The van der Waals surface area contributed by atoms with Gasteiger partial charge in [-0.3, -0.25) is 4.40 Å². The molecule has 0 fully saturated rings. The molecule has 0 saturated carbocycles. The first kappa shape index (κ1) is 27.1. The van der Waals surface area contributed by atoms with Gasteiger partial charge in [-0.15, -0.1) is 0 Å². The maximum absolute atomic E-state index is 5.12. The van der Waals surface area contributed by atoms with Crippen LogP contribution in [-0.4, -0.2) is 9.38 Å². The molecule has 0 aliphatic rings. The monoisotopic (exact) mass is 564 g/mol. The van der Waals surface area contributed by atoms with Crippen molar-refractivity contribution in [1.29, 1.82) is 0 Å². The summed E-state index contributed by atoms with van der Waals surface area (Å²) in [5.41, 5.74) is 12.2. The predicted molar refractivity (Wildman–Crippen MR) is 187 cm³/mol. The fourth-order valence-electron chi connectivity index (χ4n) is 6.06. The van der Waals surface area contributed by atoms with E-state index in [1.165, 1.54) is 21.9 Å². The molecular weight excluding hydrogens is 532 g/mol. The summed E-state index contributed by atoms with van der Waals surface area (Å²) in [5, 5.41) is 2.47. The van der Waals surface area contributed by atoms with Crippen molar-refractivity contribution in [2.75, 3.05) is 0 Å². The Kier molecular flexibility index (Phi) is 7.32. The standard InChI is InChI=1S/C42H32N2/c1-3-14-30(15-4-2)35-27-36(29-37(28-35)39-23-13-19-31-16-8-9-22-38(31)39)33-20-12-21-34(26-33)41-42(32-17-6-5-7-18-32)44-25-11-10-24-40(44)43-41/h3-29H,1H2,2H3/b15-4-,30-14+. The van der Waals surface area contributed by atoms with Crippen LogP contribution in [0.15, 0.2) is 171 Å². The van der Waals surface area contributed by atoms with E-state index in [0.29, 0.717) is 0 Å². The van der Waals surface area contributed by atoms with Crippen molar-refractivity contribution in [3.8, 4) is 44.8 Å². The van der Waals surface area contributed by atoms with Gasteiger partial charge >= 0.3 is 0 Å². The van der Waals surface area contributed by atoms with E-state index in [-0.39, 0.29) is 0 Å². The molecule has 0 saturated heterocycles. The van der Waals surface area contributed by atoms with Gasteiger partial charge in [0, 0.05) is 17.3 Å². The quantitative estimate of drug-likeness (QED) is 0.176. The maximum Gasteiger partial charge on any atom is 0.137 e. The Morgan fingerprint density at radius 3 is 2.23 bits per heavy atom. The number of hydrogen-bond acceptors (Lipinski definition) is 1. The van der Waals surface area contributed by atoms with Gasteiger partial charge in [0.25, 0.3) is 0 Å². The van der Waals surface area contributed by atoms with Crippen molar-refractivity contribution >= 4 is 22.0 Å². The summed E-state index contributed by atoms with van der Waals surface area (Å²) in [6.45, 7) is 6.04. The van der Waals surface area contributed by atoms with Crippen LogP contribution < -0.4 is 0 Å². The topological polar surface area (TPSA) is 17.3 Å². The van der Waals surface area contributed by atoms with Crippen molar-refractivity contribution in [1.82, 2.24) is 9.38 Å². The Morgan fingerprint density at radius 2 is 1.36 bits per heavy atom. The smallest absolute Gasteiger partial charge is 0.137 e. The second kappa shape index (κ2) is 11.9. The highest BCUT2D eigenvalue weighted by Crippen LogP contribution is 2.38. The molecule has 44 heavy (non-hydrogen) atoms. The van der Waals surface area contributed by atoms with E-state index < -0.39 is 0 Å². The van der Waals surface area contributed by atoms with Gasteiger partial charge in [0.15, 0.2) is 0 Å². The minimum Gasteiger partial charge on any atom is -0.299 e. The van der Waals surface area contributed by atoms with Crippen LogP contribution in [0.5, 0.6) is 0 Å². The number of imidazole rings is 1. The minimum atomic E-state index is 0.928. The molecule has 0 amide bonds. The molecule has 7 aromatic rings. The Balaban J connectivity index is 1.44. The van der Waals surface area contributed by atoms with E-state index in [1.54, 1.807) is 0 Å². The van der Waals surface area contributed by atoms with Crippen LogP contribution in [0.1, 0.15) is 12.5 Å². The summed E-state index contributed by atoms with van der Waals surface area (Å²) >= 11 is 0. The lowest BCUT2D eigenvalue weighted by atomic mass is 9.90. The summed E-state index contributed by atoms with van der Waals surface area (Å²) < 4.78 is 2.18. The largest absolute Gasteiger partial charge is 0.299 e. The number of benzene rings is 5. The van der Waals surface area contributed by atoms with Gasteiger partial charge in [-0.1, -0.05) is 128 Å². The molecule has 0 spiro atoms. The normalized spacial score (nSPS) is 11.9. The van der Waals surface area contributed by atoms with Gasteiger partial charge in [0.05, 0.1) is 11.4 Å². The number of aromatic nitrogens is 2. The average Bonchev–Trinajstić information content (AvgIpc) is 3.48. The summed E-state index contributed by atoms with van der Waals surface area (Å²) in [7, 11) is 0. The molecule has 2 nitrogen and oxygen atoms in total. The zero-order chi connectivity index (χ0) is 29.9. The number of rotatable bonds is 7. The highest BCUT2D eigenvalue weighted by Gasteiger charge is 2.17. The van der Waals surface area contributed by atoms with E-state index in [9.17, 15) is 0 Å². The fourth-order valence-corrected chi connectivity index (χ4v) is 6.06. The van der Waals surface area contributed by atoms with Gasteiger partial charge in [-0.25, -0.2) is 4.98 Å². The first-order valence-corrected chi connectivity index (χ1v) is 15.0. The molecule has 0 bridgehead atoms. The highest BCUT2D eigenvalue weighted by molar-refractivity contribution is 5.98. The molecule has 7 rings (SSSR count). The molecule has 2 aromatic heterocycles. The second-order valence-corrected chi connectivity index (χ2v) is 10.9. The van der Waals surface area contributed by atoms with Crippen molar-refractivity contribution in [3.63, 3.8) is 0 Å². The molecule has 0 aliphatic carbocycles. The van der Waals surface area contributed by atoms with Crippen molar-refractivity contribution in [2.45, 2.75) is 6.92 Å². The molecule has 2 heterocycles. The third-order valence-corrected chi connectivity index (χ3v) is 8.06. The number of pyridine rings is 1. The number of allylic oxidation sites excluding steroid dienone is 5. The first-order valence-electron chi connectivity index (χ1n) is 15.0. The molecule has 0 N–H and O–H groups in total. The maximum atomic E-state index is 5.12. The van der Waals surface area contributed by atoms with Crippen LogP contribution in [0.25, 0.3) is 66.8 Å². The summed E-state index contributed by atoms with van der Waals surface area (Å²) in [6.07, 6.45) is 10.2. The van der Waals surface area contributed by atoms with Crippen LogP contribution in [0.4, 0.5) is 0 Å². The molecule has 0 aliphatic heterocycles. The van der Waals surface area contributed by atoms with Crippen LogP contribution in [0, 0.1) is 0 Å². The van der Waals surface area contributed by atoms with E-state index in [0.717, 1.165) is 50.4 Å². The molecule has 2 heteroatoms. The van der Waals surface area contributed by atoms with Crippen molar-refractivity contribution < 1.29 is 0 Å². The Bertz CT molecular complexity index is 2190. The summed E-state index contributed by atoms with van der Waals surface area (Å²) in [5.74, 6) is 0. The zero-order valence-electron chi connectivity index (χ0n) is 24.7. The number of fused-ring (bicyclic) bond motifs is 2. The van der Waals surface area contributed by atoms with Crippen LogP contribution in [0.3, 0.4) is 0 Å². The third kappa shape index (κ3) is 5.08. The molecular formula is C42H32N2. The lowest BCUT2D eigenvalue weighted by Crippen LogP contribution is -1.91.